The largest absolute Gasteiger partial charge is 0.140 e. The van der Waals surface area contributed by atoms with Crippen LogP contribution >= 0.6 is 34.0 Å². The molecular formula is C39H36S3. The Morgan fingerprint density at radius 2 is 0.929 bits per heavy atom. The standard InChI is InChI=1S/C39H36S3/c1-5-21-39(22-6-2)32-23-28(35-18-17-34(41-35)27-10-7-25(3)8-11-27)12-14-30(32)31-15-13-29(24-33(31)39)36-19-20-38(42-36)37-16-9-26(4)40-37/h7-20,23-24H,5-6,21-22H2,1-4H3. The number of fused-ring (bicyclic) bond motifs is 3. The van der Waals surface area contributed by atoms with Crippen LogP contribution in [0.1, 0.15) is 61.1 Å². The van der Waals surface area contributed by atoms with Crippen LogP contribution in [0.4, 0.5) is 0 Å². The summed E-state index contributed by atoms with van der Waals surface area (Å²) in [4.78, 5) is 8.15. The summed E-state index contributed by atoms with van der Waals surface area (Å²) in [6.45, 7) is 9.04. The Balaban J connectivity index is 1.30. The lowest BCUT2D eigenvalue weighted by atomic mass is 9.71. The van der Waals surface area contributed by atoms with E-state index in [-0.39, 0.29) is 5.41 Å². The van der Waals surface area contributed by atoms with Crippen molar-refractivity contribution in [3.8, 4) is 52.2 Å². The van der Waals surface area contributed by atoms with E-state index in [1.807, 2.05) is 34.0 Å². The Morgan fingerprint density at radius 3 is 1.45 bits per heavy atom. The molecule has 0 bridgehead atoms. The molecule has 1 aliphatic carbocycles. The molecule has 0 saturated heterocycles. The minimum atomic E-state index is 0.0577. The number of benzene rings is 3. The minimum Gasteiger partial charge on any atom is -0.140 e. The first-order chi connectivity index (χ1) is 20.5. The molecule has 0 spiro atoms. The molecule has 0 unspecified atom stereocenters. The average Bonchev–Trinajstić information content (AvgIpc) is 3.81. The summed E-state index contributed by atoms with van der Waals surface area (Å²) >= 11 is 5.71. The van der Waals surface area contributed by atoms with Crippen LogP contribution in [0.25, 0.3) is 52.2 Å². The number of thiophene rings is 3. The number of hydrogen-bond acceptors (Lipinski definition) is 3. The van der Waals surface area contributed by atoms with Crippen molar-refractivity contribution in [3.05, 3.63) is 119 Å². The summed E-state index contributed by atoms with van der Waals surface area (Å²) in [7, 11) is 0. The Labute approximate surface area is 262 Å². The lowest BCUT2D eigenvalue weighted by Crippen LogP contribution is -2.25. The second-order valence-corrected chi connectivity index (χ2v) is 15.2. The molecule has 3 heterocycles. The van der Waals surface area contributed by atoms with Gasteiger partial charge in [0.05, 0.1) is 0 Å². The van der Waals surface area contributed by atoms with Crippen LogP contribution in [0.15, 0.2) is 97.1 Å². The lowest BCUT2D eigenvalue weighted by molar-refractivity contribution is 0.436. The minimum absolute atomic E-state index is 0.0577. The molecule has 1 aliphatic rings. The van der Waals surface area contributed by atoms with Crippen LogP contribution < -0.4 is 0 Å². The Hall–Kier alpha value is -3.24. The molecule has 3 heteroatoms. The fourth-order valence-electron chi connectivity index (χ4n) is 6.88. The first kappa shape index (κ1) is 27.6. The van der Waals surface area contributed by atoms with E-state index < -0.39 is 0 Å². The summed E-state index contributed by atoms with van der Waals surface area (Å²) < 4.78 is 0. The van der Waals surface area contributed by atoms with E-state index in [9.17, 15) is 0 Å². The fourth-order valence-corrected chi connectivity index (χ4v) is 9.85. The molecule has 0 amide bonds. The Morgan fingerprint density at radius 1 is 0.476 bits per heavy atom. The third kappa shape index (κ3) is 4.72. The highest BCUT2D eigenvalue weighted by Crippen LogP contribution is 2.56. The van der Waals surface area contributed by atoms with Gasteiger partial charge in [0.2, 0.25) is 0 Å². The van der Waals surface area contributed by atoms with Gasteiger partial charge in [0.1, 0.15) is 0 Å². The van der Waals surface area contributed by atoms with Gasteiger partial charge in [-0.05, 0) is 114 Å². The van der Waals surface area contributed by atoms with Gasteiger partial charge in [-0.15, -0.1) is 34.0 Å². The molecule has 0 N–H and O–H groups in total. The van der Waals surface area contributed by atoms with E-state index in [0.29, 0.717) is 0 Å². The van der Waals surface area contributed by atoms with Crippen molar-refractivity contribution >= 4 is 34.0 Å². The molecule has 0 saturated carbocycles. The van der Waals surface area contributed by atoms with Crippen molar-refractivity contribution in [1.82, 2.24) is 0 Å². The van der Waals surface area contributed by atoms with Gasteiger partial charge in [-0.2, -0.15) is 0 Å². The van der Waals surface area contributed by atoms with Crippen LogP contribution in [-0.2, 0) is 5.41 Å². The molecule has 7 rings (SSSR count). The van der Waals surface area contributed by atoms with Crippen LogP contribution in [0.5, 0.6) is 0 Å². The van der Waals surface area contributed by atoms with E-state index in [1.165, 1.54) is 99.5 Å². The number of hydrogen-bond donors (Lipinski definition) is 0. The highest BCUT2D eigenvalue weighted by molar-refractivity contribution is 7.23. The normalized spacial score (nSPS) is 13.3. The third-order valence-electron chi connectivity index (χ3n) is 8.81. The van der Waals surface area contributed by atoms with Gasteiger partial charge < -0.3 is 0 Å². The van der Waals surface area contributed by atoms with E-state index in [4.69, 9.17) is 0 Å². The Bertz CT molecular complexity index is 1870. The first-order valence-corrected chi connectivity index (χ1v) is 17.6. The van der Waals surface area contributed by atoms with Crippen molar-refractivity contribution < 1.29 is 0 Å². The lowest BCUT2D eigenvalue weighted by Gasteiger charge is -2.32. The van der Waals surface area contributed by atoms with E-state index in [1.54, 1.807) is 0 Å². The van der Waals surface area contributed by atoms with Gasteiger partial charge in [-0.3, -0.25) is 0 Å². The second-order valence-electron chi connectivity index (χ2n) is 11.7. The molecule has 210 valence electrons. The maximum absolute atomic E-state index is 2.54. The van der Waals surface area contributed by atoms with Crippen molar-refractivity contribution in [1.29, 1.82) is 0 Å². The first-order valence-electron chi connectivity index (χ1n) is 15.1. The van der Waals surface area contributed by atoms with Crippen LogP contribution in [0.3, 0.4) is 0 Å². The van der Waals surface area contributed by atoms with E-state index in [0.717, 1.165) is 0 Å². The second kappa shape index (κ2) is 11.1. The van der Waals surface area contributed by atoms with Crippen LogP contribution in [0.2, 0.25) is 0 Å². The van der Waals surface area contributed by atoms with Gasteiger partial charge >= 0.3 is 0 Å². The fraction of sp³-hybridized carbons (Fsp3) is 0.231. The third-order valence-corrected chi connectivity index (χ3v) is 12.3. The topological polar surface area (TPSA) is 0 Å². The quantitative estimate of drug-likeness (QED) is 0.163. The molecule has 3 aromatic heterocycles. The van der Waals surface area contributed by atoms with Crippen LogP contribution in [-0.4, -0.2) is 0 Å². The summed E-state index contributed by atoms with van der Waals surface area (Å²) in [5.41, 5.74) is 11.3. The van der Waals surface area contributed by atoms with Gasteiger partial charge in [-0.1, -0.05) is 80.8 Å². The molecule has 42 heavy (non-hydrogen) atoms. The van der Waals surface area contributed by atoms with Crippen molar-refractivity contribution in [2.24, 2.45) is 0 Å². The maximum atomic E-state index is 2.54. The van der Waals surface area contributed by atoms with Gasteiger partial charge in [0.15, 0.2) is 0 Å². The zero-order chi connectivity index (χ0) is 28.8. The molecule has 0 atom stereocenters. The summed E-state index contributed by atoms with van der Waals surface area (Å²) in [5.74, 6) is 0. The SMILES string of the molecule is CCCC1(CCC)c2cc(-c3ccc(-c4ccc(C)cc4)s3)ccc2-c2ccc(-c3ccc(-c4ccc(C)s4)s3)cc21. The zero-order valence-electron chi connectivity index (χ0n) is 24.8. The molecule has 0 aliphatic heterocycles. The van der Waals surface area contributed by atoms with Crippen molar-refractivity contribution in [3.63, 3.8) is 0 Å². The van der Waals surface area contributed by atoms with Gasteiger partial charge in [0, 0.05) is 34.7 Å². The van der Waals surface area contributed by atoms with Crippen molar-refractivity contribution in [2.45, 2.75) is 58.8 Å². The molecular weight excluding hydrogens is 565 g/mol. The summed E-state index contributed by atoms with van der Waals surface area (Å²) in [6, 6.07) is 37.2. The molecule has 6 aromatic rings. The molecule has 3 aromatic carbocycles. The predicted octanol–water partition coefficient (Wildman–Crippen LogP) is 13.0. The van der Waals surface area contributed by atoms with Gasteiger partial charge in [0.25, 0.3) is 0 Å². The average molecular weight is 601 g/mol. The number of rotatable bonds is 8. The van der Waals surface area contributed by atoms with Gasteiger partial charge in [-0.25, -0.2) is 0 Å². The zero-order valence-corrected chi connectivity index (χ0v) is 27.2. The maximum Gasteiger partial charge on any atom is 0.0449 e. The predicted molar refractivity (Wildman–Crippen MR) is 187 cm³/mol. The molecule has 0 nitrogen and oxygen atoms in total. The summed E-state index contributed by atoms with van der Waals surface area (Å²) in [5, 5.41) is 0. The highest BCUT2D eigenvalue weighted by Gasteiger charge is 2.42. The number of aryl methyl sites for hydroxylation is 2. The van der Waals surface area contributed by atoms with Crippen molar-refractivity contribution in [2.75, 3.05) is 0 Å². The monoisotopic (exact) mass is 600 g/mol. The highest BCUT2D eigenvalue weighted by atomic mass is 32.1. The van der Waals surface area contributed by atoms with E-state index in [2.05, 4.69) is 125 Å². The van der Waals surface area contributed by atoms with Crippen LogP contribution in [0, 0.1) is 13.8 Å². The van der Waals surface area contributed by atoms with E-state index >= 15 is 0 Å². The summed E-state index contributed by atoms with van der Waals surface area (Å²) in [6.07, 6.45) is 4.70. The smallest absolute Gasteiger partial charge is 0.0449 e. The molecule has 0 fully saturated rings. The Kier molecular flexibility index (Phi) is 7.30. The molecule has 0 radical (unpaired) electrons.